The Hall–Kier alpha value is -2.14. The van der Waals surface area contributed by atoms with Crippen LogP contribution < -0.4 is 0 Å². The summed E-state index contributed by atoms with van der Waals surface area (Å²) in [5, 5.41) is 0. The van der Waals surface area contributed by atoms with Gasteiger partial charge in [-0.2, -0.15) is 8.42 Å². The second-order valence-corrected chi connectivity index (χ2v) is 9.23. The summed E-state index contributed by atoms with van der Waals surface area (Å²) < 4.78 is 30.8. The highest BCUT2D eigenvalue weighted by molar-refractivity contribution is 7.90. The van der Waals surface area contributed by atoms with Crippen LogP contribution in [-0.2, 0) is 15.4 Å². The summed E-state index contributed by atoms with van der Waals surface area (Å²) >= 11 is 0. The van der Waals surface area contributed by atoms with Crippen LogP contribution in [0.3, 0.4) is 0 Å². The summed E-state index contributed by atoms with van der Waals surface area (Å²) in [4.78, 5) is 2.24. The zero-order valence-corrected chi connectivity index (χ0v) is 18.0. The molecule has 27 heavy (non-hydrogen) atoms. The summed E-state index contributed by atoms with van der Waals surface area (Å²) in [6, 6.07) is 15.1. The molecule has 0 aliphatic rings. The van der Waals surface area contributed by atoms with Crippen LogP contribution in [0.2, 0.25) is 0 Å². The van der Waals surface area contributed by atoms with Gasteiger partial charge in [-0.25, -0.2) is 0 Å². The zero-order chi connectivity index (χ0) is 20.2. The molecule has 2 aromatic carbocycles. The van der Waals surface area contributed by atoms with Gasteiger partial charge in [0.2, 0.25) is 0 Å². The summed E-state index contributed by atoms with van der Waals surface area (Å²) in [6.07, 6.45) is 0. The van der Waals surface area contributed by atoms with Crippen molar-refractivity contribution in [2.24, 2.45) is 4.40 Å². The molecule has 0 aliphatic heterocycles. The van der Waals surface area contributed by atoms with Crippen LogP contribution in [0.5, 0.6) is 0 Å². The largest absolute Gasteiger partial charge is 0.356 e. The van der Waals surface area contributed by atoms with E-state index in [2.05, 4.69) is 25.2 Å². The number of hydrogen-bond donors (Lipinski definition) is 0. The lowest BCUT2D eigenvalue weighted by molar-refractivity contribution is 0.467. The number of rotatable bonds is 5. The van der Waals surface area contributed by atoms with Gasteiger partial charge in [0.1, 0.15) is 5.84 Å². The van der Waals surface area contributed by atoms with Crippen LogP contribution in [0.1, 0.15) is 51.3 Å². The third-order valence-corrected chi connectivity index (χ3v) is 6.04. The fourth-order valence-electron chi connectivity index (χ4n) is 2.91. The SMILES string of the molecule is CCN(CC)/C(=N/S(=O)(=O)c1cc(C(C)(C)C)ccc1C)c1ccccc1. The highest BCUT2D eigenvalue weighted by atomic mass is 32.2. The topological polar surface area (TPSA) is 49.7 Å². The molecule has 0 fully saturated rings. The Balaban J connectivity index is 2.65. The summed E-state index contributed by atoms with van der Waals surface area (Å²) in [6.45, 7) is 13.4. The van der Waals surface area contributed by atoms with Crippen molar-refractivity contribution in [2.75, 3.05) is 13.1 Å². The molecular formula is C22H30N2O2S. The van der Waals surface area contributed by atoms with E-state index in [4.69, 9.17) is 0 Å². The van der Waals surface area contributed by atoms with Crippen molar-refractivity contribution in [3.63, 3.8) is 0 Å². The third-order valence-electron chi connectivity index (χ3n) is 4.63. The van der Waals surface area contributed by atoms with Crippen LogP contribution in [0.4, 0.5) is 0 Å². The molecule has 0 spiro atoms. The fraction of sp³-hybridized carbons (Fsp3) is 0.409. The van der Waals surface area contributed by atoms with Crippen molar-refractivity contribution in [2.45, 2.75) is 51.9 Å². The Labute approximate surface area is 164 Å². The Kier molecular flexibility index (Phi) is 6.47. The Morgan fingerprint density at radius 3 is 2.11 bits per heavy atom. The number of hydrogen-bond acceptors (Lipinski definition) is 2. The van der Waals surface area contributed by atoms with Gasteiger partial charge in [0, 0.05) is 18.7 Å². The lowest BCUT2D eigenvalue weighted by atomic mass is 9.87. The molecule has 0 unspecified atom stereocenters. The highest BCUT2D eigenvalue weighted by Crippen LogP contribution is 2.28. The third kappa shape index (κ3) is 4.98. The average molecular weight is 387 g/mol. The molecule has 2 rings (SSSR count). The first-order valence-corrected chi connectivity index (χ1v) is 10.8. The number of amidine groups is 1. The van der Waals surface area contributed by atoms with E-state index in [1.165, 1.54) is 0 Å². The lowest BCUT2D eigenvalue weighted by Gasteiger charge is -2.23. The smallest absolute Gasteiger partial charge is 0.284 e. The molecule has 0 N–H and O–H groups in total. The van der Waals surface area contributed by atoms with Gasteiger partial charge in [-0.1, -0.05) is 63.2 Å². The van der Waals surface area contributed by atoms with Crippen LogP contribution in [0, 0.1) is 6.92 Å². The van der Waals surface area contributed by atoms with Crippen molar-refractivity contribution < 1.29 is 8.42 Å². The Bertz CT molecular complexity index is 907. The average Bonchev–Trinajstić information content (AvgIpc) is 2.61. The molecule has 0 amide bonds. The van der Waals surface area contributed by atoms with Gasteiger partial charge < -0.3 is 4.90 Å². The maximum Gasteiger partial charge on any atom is 0.284 e. The number of benzene rings is 2. The van der Waals surface area contributed by atoms with E-state index in [1.54, 1.807) is 6.07 Å². The van der Waals surface area contributed by atoms with Crippen molar-refractivity contribution in [3.05, 3.63) is 65.2 Å². The molecule has 0 aromatic heterocycles. The molecule has 0 radical (unpaired) electrons. The number of sulfonamides is 1. The standard InChI is InChI=1S/C22H30N2O2S/c1-7-24(8-2)21(18-12-10-9-11-13-18)23-27(25,26)20-16-19(22(4,5)6)15-14-17(20)3/h9-16H,7-8H2,1-6H3/b23-21+. The van der Waals surface area contributed by atoms with Gasteiger partial charge in [0.25, 0.3) is 10.0 Å². The molecule has 146 valence electrons. The van der Waals surface area contributed by atoms with Crippen LogP contribution in [0.25, 0.3) is 0 Å². The molecule has 0 bridgehead atoms. The minimum absolute atomic E-state index is 0.136. The van der Waals surface area contributed by atoms with Gasteiger partial charge in [-0.05, 0) is 43.4 Å². The minimum atomic E-state index is -3.84. The molecule has 5 heteroatoms. The predicted octanol–water partition coefficient (Wildman–Crippen LogP) is 4.77. The molecule has 0 aliphatic carbocycles. The van der Waals surface area contributed by atoms with Crippen molar-refractivity contribution in [3.8, 4) is 0 Å². The maximum atomic E-state index is 13.2. The minimum Gasteiger partial charge on any atom is -0.356 e. The summed E-state index contributed by atoms with van der Waals surface area (Å²) in [7, 11) is -3.84. The first-order chi connectivity index (χ1) is 12.6. The lowest BCUT2D eigenvalue weighted by Crippen LogP contribution is -2.32. The van der Waals surface area contributed by atoms with Crippen LogP contribution in [0.15, 0.2) is 57.8 Å². The van der Waals surface area contributed by atoms with Gasteiger partial charge in [0.15, 0.2) is 0 Å². The van der Waals surface area contributed by atoms with Crippen LogP contribution in [-0.4, -0.2) is 32.2 Å². The summed E-state index contributed by atoms with van der Waals surface area (Å²) in [5.41, 5.74) is 2.35. The first kappa shape index (κ1) is 21.2. The van der Waals surface area contributed by atoms with E-state index in [1.807, 2.05) is 68.1 Å². The van der Waals surface area contributed by atoms with Crippen molar-refractivity contribution in [1.29, 1.82) is 0 Å². The van der Waals surface area contributed by atoms with Crippen molar-refractivity contribution in [1.82, 2.24) is 4.90 Å². The molecular weight excluding hydrogens is 356 g/mol. The predicted molar refractivity (Wildman–Crippen MR) is 113 cm³/mol. The Morgan fingerprint density at radius 2 is 1.59 bits per heavy atom. The maximum absolute atomic E-state index is 13.2. The summed E-state index contributed by atoms with van der Waals surface area (Å²) in [5.74, 6) is 0.487. The number of aryl methyl sites for hydroxylation is 1. The fourth-order valence-corrected chi connectivity index (χ4v) is 4.21. The van der Waals surface area contributed by atoms with E-state index in [9.17, 15) is 8.42 Å². The van der Waals surface area contributed by atoms with Gasteiger partial charge in [-0.15, -0.1) is 4.40 Å². The molecule has 0 heterocycles. The highest BCUT2D eigenvalue weighted by Gasteiger charge is 2.23. The zero-order valence-electron chi connectivity index (χ0n) is 17.2. The van der Waals surface area contributed by atoms with E-state index >= 15 is 0 Å². The van der Waals surface area contributed by atoms with E-state index in [0.29, 0.717) is 24.5 Å². The normalized spacial score (nSPS) is 12.9. The van der Waals surface area contributed by atoms with E-state index in [-0.39, 0.29) is 10.3 Å². The van der Waals surface area contributed by atoms with E-state index in [0.717, 1.165) is 11.1 Å². The molecule has 0 saturated carbocycles. The van der Waals surface area contributed by atoms with Gasteiger partial charge >= 0.3 is 0 Å². The molecule has 2 aromatic rings. The van der Waals surface area contributed by atoms with Gasteiger partial charge in [0.05, 0.1) is 4.90 Å². The monoisotopic (exact) mass is 386 g/mol. The number of nitrogens with zero attached hydrogens (tertiary/aromatic N) is 2. The molecule has 0 saturated heterocycles. The second-order valence-electron chi connectivity index (χ2n) is 7.66. The molecule has 4 nitrogen and oxygen atoms in total. The van der Waals surface area contributed by atoms with Crippen LogP contribution >= 0.6 is 0 Å². The first-order valence-electron chi connectivity index (χ1n) is 9.36. The quantitative estimate of drug-likeness (QED) is 0.549. The van der Waals surface area contributed by atoms with E-state index < -0.39 is 10.0 Å². The Morgan fingerprint density at radius 1 is 1.00 bits per heavy atom. The van der Waals surface area contributed by atoms with Crippen molar-refractivity contribution >= 4 is 15.9 Å². The second kappa shape index (κ2) is 8.26. The van der Waals surface area contributed by atoms with Gasteiger partial charge in [-0.3, -0.25) is 0 Å². The molecule has 0 atom stereocenters.